The molecule has 0 saturated carbocycles. The fourth-order valence-electron chi connectivity index (χ4n) is 1.88. The largest absolute Gasteiger partial charge is 0.481 e. The van der Waals surface area contributed by atoms with E-state index in [1.54, 1.807) is 20.8 Å². The molecule has 1 unspecified atom stereocenters. The molecule has 0 radical (unpaired) electrons. The van der Waals surface area contributed by atoms with E-state index in [1.807, 2.05) is 0 Å². The Morgan fingerprint density at radius 3 is 2.32 bits per heavy atom. The molecule has 0 fully saturated rings. The van der Waals surface area contributed by atoms with Crippen LogP contribution in [0.1, 0.15) is 32.4 Å². The molecule has 0 bridgehead atoms. The van der Waals surface area contributed by atoms with Crippen molar-refractivity contribution in [2.75, 3.05) is 0 Å². The number of hydrogen-bond acceptors (Lipinski definition) is 6. The SMILES string of the molecule is CC(C)(C)OC(=O)[C@@H](C(=O)O)C(N)c1ccccc1[N+](=O)[O-]. The number of carboxylic acids is 1. The van der Waals surface area contributed by atoms with E-state index in [0.29, 0.717) is 0 Å². The number of carbonyl (C=O) groups is 2. The molecule has 1 aromatic rings. The van der Waals surface area contributed by atoms with Crippen LogP contribution in [0.25, 0.3) is 0 Å². The molecule has 0 spiro atoms. The summed E-state index contributed by atoms with van der Waals surface area (Å²) in [7, 11) is 0. The fraction of sp³-hybridized carbons (Fsp3) is 0.429. The zero-order chi connectivity index (χ0) is 17.1. The van der Waals surface area contributed by atoms with Gasteiger partial charge in [0, 0.05) is 11.6 Å². The Labute approximate surface area is 127 Å². The summed E-state index contributed by atoms with van der Waals surface area (Å²) in [4.78, 5) is 33.7. The van der Waals surface area contributed by atoms with Crippen molar-refractivity contribution in [2.24, 2.45) is 11.7 Å². The zero-order valence-electron chi connectivity index (χ0n) is 12.5. The highest BCUT2D eigenvalue weighted by atomic mass is 16.6. The highest BCUT2D eigenvalue weighted by Crippen LogP contribution is 2.30. The normalized spacial score (nSPS) is 14.0. The van der Waals surface area contributed by atoms with Gasteiger partial charge < -0.3 is 15.6 Å². The number of para-hydroxylation sites is 1. The van der Waals surface area contributed by atoms with Gasteiger partial charge in [-0.2, -0.15) is 0 Å². The number of esters is 1. The van der Waals surface area contributed by atoms with Gasteiger partial charge >= 0.3 is 11.9 Å². The van der Waals surface area contributed by atoms with E-state index in [4.69, 9.17) is 10.5 Å². The summed E-state index contributed by atoms with van der Waals surface area (Å²) in [5, 5.41) is 20.3. The molecular formula is C14H18N2O6. The molecule has 22 heavy (non-hydrogen) atoms. The molecule has 1 aromatic carbocycles. The summed E-state index contributed by atoms with van der Waals surface area (Å²) >= 11 is 0. The quantitative estimate of drug-likeness (QED) is 0.365. The minimum absolute atomic E-state index is 0.0363. The molecule has 1 rings (SSSR count). The summed E-state index contributed by atoms with van der Waals surface area (Å²) in [5.74, 6) is -4.27. The Hall–Kier alpha value is -2.48. The molecule has 0 amide bonds. The molecule has 0 saturated heterocycles. The maximum Gasteiger partial charge on any atom is 0.322 e. The fourth-order valence-corrected chi connectivity index (χ4v) is 1.88. The lowest BCUT2D eigenvalue weighted by molar-refractivity contribution is -0.385. The van der Waals surface area contributed by atoms with Gasteiger partial charge in [-0.05, 0) is 20.8 Å². The van der Waals surface area contributed by atoms with E-state index in [0.717, 1.165) is 0 Å². The lowest BCUT2D eigenvalue weighted by Gasteiger charge is -2.25. The number of rotatable bonds is 5. The maximum absolute atomic E-state index is 12.0. The summed E-state index contributed by atoms with van der Waals surface area (Å²) in [5.41, 5.74) is 4.54. The number of carboxylic acid groups (broad SMARTS) is 1. The first-order chi connectivity index (χ1) is 10.0. The number of nitrogens with two attached hydrogens (primary N) is 1. The first-order valence-electron chi connectivity index (χ1n) is 6.49. The Balaban J connectivity index is 3.20. The van der Waals surface area contributed by atoms with E-state index in [-0.39, 0.29) is 11.3 Å². The van der Waals surface area contributed by atoms with Crippen molar-refractivity contribution in [3.05, 3.63) is 39.9 Å². The van der Waals surface area contributed by atoms with E-state index >= 15 is 0 Å². The molecule has 120 valence electrons. The predicted octanol–water partition coefficient (Wildman–Crippen LogP) is 1.64. The second kappa shape index (κ2) is 6.52. The second-order valence-electron chi connectivity index (χ2n) is 5.69. The van der Waals surface area contributed by atoms with Crippen LogP contribution < -0.4 is 5.73 Å². The first kappa shape index (κ1) is 17.6. The minimum atomic E-state index is -1.74. The van der Waals surface area contributed by atoms with E-state index in [2.05, 4.69) is 0 Å². The van der Waals surface area contributed by atoms with Crippen LogP contribution in [0.2, 0.25) is 0 Å². The van der Waals surface area contributed by atoms with Crippen molar-refractivity contribution >= 4 is 17.6 Å². The molecule has 8 heteroatoms. The van der Waals surface area contributed by atoms with Crippen LogP contribution >= 0.6 is 0 Å². The highest BCUT2D eigenvalue weighted by Gasteiger charge is 2.39. The van der Waals surface area contributed by atoms with Crippen molar-refractivity contribution in [1.29, 1.82) is 0 Å². The van der Waals surface area contributed by atoms with Gasteiger partial charge in [0.25, 0.3) is 5.69 Å². The number of hydrogen-bond donors (Lipinski definition) is 2. The van der Waals surface area contributed by atoms with Crippen molar-refractivity contribution in [3.63, 3.8) is 0 Å². The van der Waals surface area contributed by atoms with Gasteiger partial charge in [-0.3, -0.25) is 19.7 Å². The molecule has 0 aliphatic rings. The standard InChI is InChI=1S/C14H18N2O6/c1-14(2,3)22-13(19)10(12(17)18)11(15)8-6-4-5-7-9(8)16(20)21/h4-7,10-11H,15H2,1-3H3,(H,17,18)/t10-,11?/m1/s1. The monoisotopic (exact) mass is 310 g/mol. The maximum atomic E-state index is 12.0. The zero-order valence-corrected chi connectivity index (χ0v) is 12.5. The van der Waals surface area contributed by atoms with Crippen LogP contribution in [0.4, 0.5) is 5.69 Å². The summed E-state index contributed by atoms with van der Waals surface area (Å²) in [6.45, 7) is 4.75. The predicted molar refractivity (Wildman–Crippen MR) is 77.0 cm³/mol. The molecule has 2 atom stereocenters. The van der Waals surface area contributed by atoms with E-state index in [1.165, 1.54) is 24.3 Å². The Kier molecular flexibility index (Phi) is 5.21. The summed E-state index contributed by atoms with van der Waals surface area (Å²) in [6, 6.07) is 4.04. The van der Waals surface area contributed by atoms with Gasteiger partial charge in [0.05, 0.1) is 11.0 Å². The van der Waals surface area contributed by atoms with Gasteiger partial charge in [0.2, 0.25) is 0 Å². The average Bonchev–Trinajstić information content (AvgIpc) is 2.35. The van der Waals surface area contributed by atoms with Crippen LogP contribution in [0.3, 0.4) is 0 Å². The molecule has 0 aromatic heterocycles. The molecule has 0 aliphatic heterocycles. The van der Waals surface area contributed by atoms with Crippen LogP contribution in [-0.4, -0.2) is 27.6 Å². The average molecular weight is 310 g/mol. The third-order valence-electron chi connectivity index (χ3n) is 2.78. The van der Waals surface area contributed by atoms with Gasteiger partial charge in [0.15, 0.2) is 5.92 Å². The van der Waals surface area contributed by atoms with Crippen molar-refractivity contribution in [3.8, 4) is 0 Å². The molecular weight excluding hydrogens is 292 g/mol. The Morgan fingerprint density at radius 1 is 1.32 bits per heavy atom. The third kappa shape index (κ3) is 4.26. The lowest BCUT2D eigenvalue weighted by Crippen LogP contribution is -2.39. The molecule has 0 heterocycles. The van der Waals surface area contributed by atoms with Gasteiger partial charge in [-0.1, -0.05) is 18.2 Å². The number of nitrogens with zero attached hydrogens (tertiary/aromatic N) is 1. The highest BCUT2D eigenvalue weighted by molar-refractivity contribution is 5.95. The van der Waals surface area contributed by atoms with Gasteiger partial charge in [-0.25, -0.2) is 0 Å². The molecule has 8 nitrogen and oxygen atoms in total. The first-order valence-corrected chi connectivity index (χ1v) is 6.49. The molecule has 3 N–H and O–H groups in total. The van der Waals surface area contributed by atoms with Crippen LogP contribution in [0.15, 0.2) is 24.3 Å². The van der Waals surface area contributed by atoms with Crippen LogP contribution in [0.5, 0.6) is 0 Å². The van der Waals surface area contributed by atoms with Crippen molar-refractivity contribution < 1.29 is 24.4 Å². The van der Waals surface area contributed by atoms with Crippen molar-refractivity contribution in [1.82, 2.24) is 0 Å². The minimum Gasteiger partial charge on any atom is -0.481 e. The Bertz CT molecular complexity index is 593. The molecule has 0 aliphatic carbocycles. The smallest absolute Gasteiger partial charge is 0.322 e. The van der Waals surface area contributed by atoms with E-state index < -0.39 is 34.4 Å². The van der Waals surface area contributed by atoms with Gasteiger partial charge in [-0.15, -0.1) is 0 Å². The number of nitro benzene ring substituents is 1. The number of nitro groups is 1. The number of carbonyl (C=O) groups excluding carboxylic acids is 1. The van der Waals surface area contributed by atoms with Crippen LogP contribution in [-0.2, 0) is 14.3 Å². The summed E-state index contributed by atoms with van der Waals surface area (Å²) < 4.78 is 5.03. The number of aliphatic carboxylic acids is 1. The third-order valence-corrected chi connectivity index (χ3v) is 2.78. The van der Waals surface area contributed by atoms with Gasteiger partial charge in [0.1, 0.15) is 5.60 Å². The van der Waals surface area contributed by atoms with E-state index in [9.17, 15) is 24.8 Å². The van der Waals surface area contributed by atoms with Crippen LogP contribution in [0, 0.1) is 16.0 Å². The lowest BCUT2D eigenvalue weighted by atomic mass is 9.92. The summed E-state index contributed by atoms with van der Waals surface area (Å²) in [6.07, 6.45) is 0. The topological polar surface area (TPSA) is 133 Å². The number of benzene rings is 1. The second-order valence-corrected chi connectivity index (χ2v) is 5.69. The van der Waals surface area contributed by atoms with Crippen molar-refractivity contribution in [2.45, 2.75) is 32.4 Å². The Morgan fingerprint density at radius 2 is 1.86 bits per heavy atom. The number of ether oxygens (including phenoxy) is 1.